The molecule has 0 aliphatic carbocycles. The first-order valence-corrected chi connectivity index (χ1v) is 6.44. The first kappa shape index (κ1) is 12.9. The van der Waals surface area contributed by atoms with Gasteiger partial charge in [-0.05, 0) is 42.0 Å². The molecular formula is C16H10ClFO2. The van der Waals surface area contributed by atoms with Crippen molar-refractivity contribution in [2.75, 3.05) is 6.61 Å². The van der Waals surface area contributed by atoms with Crippen LogP contribution in [-0.4, -0.2) is 12.4 Å². The van der Waals surface area contributed by atoms with Gasteiger partial charge in [0.1, 0.15) is 18.2 Å². The van der Waals surface area contributed by atoms with E-state index in [0.717, 1.165) is 5.56 Å². The van der Waals surface area contributed by atoms with Gasteiger partial charge in [0.15, 0.2) is 5.78 Å². The van der Waals surface area contributed by atoms with Crippen LogP contribution in [0.3, 0.4) is 0 Å². The number of ketones is 1. The summed E-state index contributed by atoms with van der Waals surface area (Å²) in [5.74, 6) is 0.115. The number of hydrogen-bond acceptors (Lipinski definition) is 2. The van der Waals surface area contributed by atoms with Gasteiger partial charge in [-0.2, -0.15) is 0 Å². The number of carbonyl (C=O) groups is 1. The van der Waals surface area contributed by atoms with Crippen molar-refractivity contribution in [1.82, 2.24) is 0 Å². The van der Waals surface area contributed by atoms with Crippen molar-refractivity contribution in [3.63, 3.8) is 0 Å². The Bertz CT molecular complexity index is 705. The predicted molar refractivity (Wildman–Crippen MR) is 75.7 cm³/mol. The van der Waals surface area contributed by atoms with Crippen LogP contribution in [0, 0.1) is 5.82 Å². The molecule has 0 aromatic heterocycles. The number of Topliss-reactive ketones (excluding diaryl/α,β-unsaturated/α-hetero) is 1. The second kappa shape index (κ2) is 5.10. The lowest BCUT2D eigenvalue weighted by molar-refractivity contribution is 0.100. The van der Waals surface area contributed by atoms with Gasteiger partial charge >= 0.3 is 0 Å². The summed E-state index contributed by atoms with van der Waals surface area (Å²) in [5, 5.41) is 0.490. The zero-order valence-electron chi connectivity index (χ0n) is 10.4. The molecule has 4 heteroatoms. The maximum atomic E-state index is 12.9. The van der Waals surface area contributed by atoms with Crippen LogP contribution in [0.15, 0.2) is 48.0 Å². The van der Waals surface area contributed by atoms with Crippen molar-refractivity contribution < 1.29 is 13.9 Å². The van der Waals surface area contributed by atoms with Gasteiger partial charge in [0.05, 0.1) is 5.56 Å². The Balaban J connectivity index is 1.97. The van der Waals surface area contributed by atoms with Crippen LogP contribution in [0.2, 0.25) is 5.02 Å². The molecule has 2 aromatic carbocycles. The molecule has 20 heavy (non-hydrogen) atoms. The first-order valence-electron chi connectivity index (χ1n) is 6.07. The van der Waals surface area contributed by atoms with E-state index in [-0.39, 0.29) is 18.2 Å². The van der Waals surface area contributed by atoms with E-state index in [9.17, 15) is 9.18 Å². The Morgan fingerprint density at radius 2 is 1.90 bits per heavy atom. The quantitative estimate of drug-likeness (QED) is 0.737. The fraction of sp³-hybridized carbons (Fsp3) is 0.0625. The Kier molecular flexibility index (Phi) is 3.28. The van der Waals surface area contributed by atoms with E-state index in [4.69, 9.17) is 16.3 Å². The standard InChI is InChI=1S/C16H10ClFO2/c17-12-3-6-15-14(8-12)16(19)11(9-20-15)7-10-1-4-13(18)5-2-10/h1-8H,9H2/b11-7+. The topological polar surface area (TPSA) is 26.3 Å². The molecule has 0 unspecified atom stereocenters. The Morgan fingerprint density at radius 3 is 2.65 bits per heavy atom. The molecule has 0 saturated carbocycles. The van der Waals surface area contributed by atoms with Crippen LogP contribution in [0.25, 0.3) is 6.08 Å². The summed E-state index contributed by atoms with van der Waals surface area (Å²) in [4.78, 5) is 12.4. The maximum absolute atomic E-state index is 12.9. The highest BCUT2D eigenvalue weighted by Gasteiger charge is 2.23. The van der Waals surface area contributed by atoms with Crippen molar-refractivity contribution in [3.8, 4) is 5.75 Å². The smallest absolute Gasteiger partial charge is 0.196 e. The lowest BCUT2D eigenvalue weighted by Gasteiger charge is -2.18. The molecule has 0 N–H and O–H groups in total. The number of fused-ring (bicyclic) bond motifs is 1. The number of carbonyl (C=O) groups excluding carboxylic acids is 1. The zero-order chi connectivity index (χ0) is 14.1. The molecule has 0 amide bonds. The lowest BCUT2D eigenvalue weighted by Crippen LogP contribution is -2.18. The van der Waals surface area contributed by atoms with Gasteiger partial charge in [0.25, 0.3) is 0 Å². The van der Waals surface area contributed by atoms with Crippen molar-refractivity contribution >= 4 is 23.5 Å². The van der Waals surface area contributed by atoms with Gasteiger partial charge in [-0.1, -0.05) is 23.7 Å². The first-order chi connectivity index (χ1) is 9.63. The van der Waals surface area contributed by atoms with E-state index in [1.165, 1.54) is 12.1 Å². The highest BCUT2D eigenvalue weighted by atomic mass is 35.5. The van der Waals surface area contributed by atoms with Gasteiger partial charge < -0.3 is 4.74 Å². The van der Waals surface area contributed by atoms with Gasteiger partial charge in [-0.15, -0.1) is 0 Å². The van der Waals surface area contributed by atoms with Crippen LogP contribution < -0.4 is 4.74 Å². The molecule has 0 radical (unpaired) electrons. The monoisotopic (exact) mass is 288 g/mol. The normalized spacial score (nSPS) is 15.9. The molecule has 1 heterocycles. The van der Waals surface area contributed by atoms with Gasteiger partial charge in [-0.25, -0.2) is 4.39 Å². The number of hydrogen-bond donors (Lipinski definition) is 0. The fourth-order valence-electron chi connectivity index (χ4n) is 2.07. The highest BCUT2D eigenvalue weighted by Crippen LogP contribution is 2.30. The minimum atomic E-state index is -0.310. The Hall–Kier alpha value is -2.13. The summed E-state index contributed by atoms with van der Waals surface area (Å²) in [5.41, 5.74) is 1.73. The van der Waals surface area contributed by atoms with Crippen LogP contribution in [0.5, 0.6) is 5.75 Å². The molecule has 3 rings (SSSR count). The van der Waals surface area contributed by atoms with E-state index in [2.05, 4.69) is 0 Å². The van der Waals surface area contributed by atoms with E-state index in [0.29, 0.717) is 21.9 Å². The molecular weight excluding hydrogens is 279 g/mol. The molecule has 0 bridgehead atoms. The third-order valence-electron chi connectivity index (χ3n) is 3.07. The van der Waals surface area contributed by atoms with Gasteiger partial charge in [0.2, 0.25) is 0 Å². The molecule has 2 nitrogen and oxygen atoms in total. The maximum Gasteiger partial charge on any atom is 0.196 e. The summed E-state index contributed by atoms with van der Waals surface area (Å²) in [6.07, 6.45) is 1.70. The van der Waals surface area contributed by atoms with Crippen LogP contribution in [0.4, 0.5) is 4.39 Å². The van der Waals surface area contributed by atoms with Crippen LogP contribution in [-0.2, 0) is 0 Å². The molecule has 100 valence electrons. The summed E-state index contributed by atoms with van der Waals surface area (Å²) in [6, 6.07) is 10.9. The van der Waals surface area contributed by atoms with E-state index < -0.39 is 0 Å². The highest BCUT2D eigenvalue weighted by molar-refractivity contribution is 6.31. The van der Waals surface area contributed by atoms with Crippen molar-refractivity contribution in [2.45, 2.75) is 0 Å². The Labute approximate surface area is 120 Å². The Morgan fingerprint density at radius 1 is 1.15 bits per heavy atom. The van der Waals surface area contributed by atoms with Crippen molar-refractivity contribution in [2.24, 2.45) is 0 Å². The third kappa shape index (κ3) is 2.45. The average Bonchev–Trinajstić information content (AvgIpc) is 2.45. The molecule has 2 aromatic rings. The molecule has 0 saturated heterocycles. The summed E-state index contributed by atoms with van der Waals surface area (Å²) < 4.78 is 18.4. The number of ether oxygens (including phenoxy) is 1. The zero-order valence-corrected chi connectivity index (χ0v) is 11.2. The minimum absolute atomic E-state index is 0.113. The van der Waals surface area contributed by atoms with E-state index in [1.807, 2.05) is 0 Å². The lowest BCUT2D eigenvalue weighted by atomic mass is 9.98. The van der Waals surface area contributed by atoms with Crippen LogP contribution in [0.1, 0.15) is 15.9 Å². The predicted octanol–water partition coefficient (Wildman–Crippen LogP) is 4.14. The second-order valence-corrected chi connectivity index (χ2v) is 4.92. The number of rotatable bonds is 1. The molecule has 0 fully saturated rings. The number of benzene rings is 2. The van der Waals surface area contributed by atoms with E-state index in [1.54, 1.807) is 36.4 Å². The number of halogens is 2. The second-order valence-electron chi connectivity index (χ2n) is 4.48. The van der Waals surface area contributed by atoms with Crippen molar-refractivity contribution in [1.29, 1.82) is 0 Å². The molecule has 0 spiro atoms. The summed E-state index contributed by atoms with van der Waals surface area (Å²) in [6.45, 7) is 0.199. The van der Waals surface area contributed by atoms with Crippen molar-refractivity contribution in [3.05, 3.63) is 70.0 Å². The summed E-state index contributed by atoms with van der Waals surface area (Å²) in [7, 11) is 0. The van der Waals surface area contributed by atoms with E-state index >= 15 is 0 Å². The molecule has 1 aliphatic rings. The molecule has 1 aliphatic heterocycles. The average molecular weight is 289 g/mol. The fourth-order valence-corrected chi connectivity index (χ4v) is 2.24. The van der Waals surface area contributed by atoms with Crippen LogP contribution >= 0.6 is 11.6 Å². The summed E-state index contributed by atoms with van der Waals surface area (Å²) >= 11 is 5.90. The minimum Gasteiger partial charge on any atom is -0.488 e. The SMILES string of the molecule is O=C1/C(=C/c2ccc(F)cc2)COc2ccc(Cl)cc21. The molecule has 0 atom stereocenters. The largest absolute Gasteiger partial charge is 0.488 e. The van der Waals surface area contributed by atoms with Gasteiger partial charge in [-0.3, -0.25) is 4.79 Å². The van der Waals surface area contributed by atoms with Gasteiger partial charge in [0, 0.05) is 10.6 Å². The third-order valence-corrected chi connectivity index (χ3v) is 3.31.